The quantitative estimate of drug-likeness (QED) is 0.0741. The highest BCUT2D eigenvalue weighted by atomic mass is 32.2. The van der Waals surface area contributed by atoms with Crippen molar-refractivity contribution in [1.29, 1.82) is 0 Å². The van der Waals surface area contributed by atoms with E-state index in [1.54, 1.807) is 24.5 Å². The van der Waals surface area contributed by atoms with Crippen LogP contribution in [0, 0.1) is 21.4 Å². The summed E-state index contributed by atoms with van der Waals surface area (Å²) in [4.78, 5) is 38.5. The van der Waals surface area contributed by atoms with E-state index in [-0.39, 0.29) is 57.6 Å². The van der Waals surface area contributed by atoms with Crippen LogP contribution in [0.5, 0.6) is 17.2 Å². The lowest BCUT2D eigenvalue weighted by Crippen LogP contribution is -2.72. The van der Waals surface area contributed by atoms with Gasteiger partial charge in [0.1, 0.15) is 55.1 Å². The van der Waals surface area contributed by atoms with Gasteiger partial charge in [-0.2, -0.15) is 0 Å². The van der Waals surface area contributed by atoms with E-state index in [9.17, 15) is 28.4 Å². The van der Waals surface area contributed by atoms with E-state index in [1.165, 1.54) is 30.0 Å². The SMILES string of the molecule is BC1(B)CC2(CC(N3CCC[C@H]3c3ccccc3C(C)C)C2)CC(B)(B)N1c1ccc(C(=O)NS(=O)(=O)c2cc3c(c([N+](=O)[O-])c2)N[C@H](C[C@H]2CC[C@H](O)CC2)CO3)c(Oc2cnc3[nH]ccc3c2)c1. The number of fused-ring (bicyclic) bond motifs is 2. The number of nitrogens with zero attached hydrogens (tertiary/aromatic N) is 4. The minimum Gasteiger partial charge on any atom is -0.489 e. The lowest BCUT2D eigenvalue weighted by atomic mass is 9.38. The number of hydrogen-bond acceptors (Lipinski definition) is 12. The zero-order chi connectivity index (χ0) is 49.3. The molecule has 4 N–H and O–H groups in total. The van der Waals surface area contributed by atoms with E-state index < -0.39 is 31.4 Å². The van der Waals surface area contributed by atoms with Gasteiger partial charge < -0.3 is 29.8 Å². The summed E-state index contributed by atoms with van der Waals surface area (Å²) in [7, 11) is 4.47. The van der Waals surface area contributed by atoms with Gasteiger partial charge in [0, 0.05) is 47.6 Å². The number of nitro groups is 1. The molecule has 15 nitrogen and oxygen atoms in total. The number of H-pyrrole nitrogens is 1. The average molecular weight is 965 g/mol. The van der Waals surface area contributed by atoms with Crippen molar-refractivity contribution in [3.8, 4) is 17.2 Å². The van der Waals surface area contributed by atoms with Gasteiger partial charge in [0.25, 0.3) is 21.6 Å². The van der Waals surface area contributed by atoms with Gasteiger partial charge in [-0.1, -0.05) is 38.1 Å². The third-order valence-electron chi connectivity index (χ3n) is 16.0. The molecule has 2 saturated heterocycles. The number of benzene rings is 3. The summed E-state index contributed by atoms with van der Waals surface area (Å²) >= 11 is 0. The van der Waals surface area contributed by atoms with E-state index in [0.29, 0.717) is 54.6 Å². The zero-order valence-electron chi connectivity index (χ0n) is 41.2. The van der Waals surface area contributed by atoms with Crippen molar-refractivity contribution in [2.75, 3.05) is 23.4 Å². The Morgan fingerprint density at radius 2 is 1.76 bits per heavy atom. The number of carbonyl (C=O) groups is 1. The van der Waals surface area contributed by atoms with Crippen LogP contribution in [0.2, 0.25) is 0 Å². The molecule has 1 amide bonds. The summed E-state index contributed by atoms with van der Waals surface area (Å²) in [6.07, 6.45) is 13.5. The van der Waals surface area contributed by atoms with Crippen LogP contribution >= 0.6 is 0 Å². The number of pyridine rings is 1. The Kier molecular flexibility index (Phi) is 12.6. The molecule has 0 unspecified atom stereocenters. The molecule has 70 heavy (non-hydrogen) atoms. The van der Waals surface area contributed by atoms with Crippen LogP contribution in [0.4, 0.5) is 17.1 Å². The number of aliphatic hydroxyl groups is 1. The van der Waals surface area contributed by atoms with Gasteiger partial charge in [-0.3, -0.25) is 19.8 Å². The number of likely N-dealkylation sites (tertiary alicyclic amines) is 1. The molecule has 20 heteroatoms. The lowest BCUT2D eigenvalue weighted by Gasteiger charge is -2.67. The van der Waals surface area contributed by atoms with E-state index in [4.69, 9.17) is 9.47 Å². The van der Waals surface area contributed by atoms with E-state index >= 15 is 0 Å². The van der Waals surface area contributed by atoms with Crippen LogP contribution in [-0.2, 0) is 10.0 Å². The molecule has 0 bridgehead atoms. The fourth-order valence-corrected chi connectivity index (χ4v) is 14.7. The van der Waals surface area contributed by atoms with Crippen molar-refractivity contribution in [1.82, 2.24) is 19.6 Å². The van der Waals surface area contributed by atoms with E-state index in [1.807, 2.05) is 18.2 Å². The number of carbonyl (C=O) groups excluding carboxylic acids is 1. The number of sulfonamides is 1. The molecule has 5 aliphatic rings. The first-order chi connectivity index (χ1) is 33.3. The molecule has 4 fully saturated rings. The van der Waals surface area contributed by atoms with Crippen molar-refractivity contribution in [3.05, 3.63) is 106 Å². The van der Waals surface area contributed by atoms with Crippen LogP contribution in [0.15, 0.2) is 84.0 Å². The molecule has 2 aliphatic carbocycles. The number of aromatic amines is 1. The molecule has 364 valence electrons. The molecule has 5 heterocycles. The molecule has 3 aromatic carbocycles. The zero-order valence-corrected chi connectivity index (χ0v) is 42.0. The number of rotatable bonds is 12. The van der Waals surface area contributed by atoms with Crippen LogP contribution in [0.3, 0.4) is 0 Å². The number of aliphatic hydroxyl groups excluding tert-OH is 1. The average Bonchev–Trinajstić information content (AvgIpc) is 3.98. The fourth-order valence-electron chi connectivity index (χ4n) is 13.7. The number of nitro benzene ring substituents is 1. The van der Waals surface area contributed by atoms with Crippen LogP contribution in [-0.4, -0.2) is 113 Å². The maximum Gasteiger partial charge on any atom is 0.297 e. The maximum absolute atomic E-state index is 14.4. The number of aromatic nitrogens is 2. The number of amides is 1. The van der Waals surface area contributed by atoms with Crippen molar-refractivity contribution >= 4 is 75.4 Å². The number of nitrogens with one attached hydrogen (secondary N) is 3. The molecular weight excluding hydrogens is 902 g/mol. The van der Waals surface area contributed by atoms with Gasteiger partial charge in [0.05, 0.1) is 33.7 Å². The largest absolute Gasteiger partial charge is 0.489 e. The Labute approximate surface area is 414 Å². The molecule has 3 aliphatic heterocycles. The second-order valence-corrected chi connectivity index (χ2v) is 24.2. The summed E-state index contributed by atoms with van der Waals surface area (Å²) in [5.74, 6) is 0.319. The summed E-state index contributed by atoms with van der Waals surface area (Å²) < 4.78 is 42.9. The first kappa shape index (κ1) is 48.2. The Morgan fingerprint density at radius 1 is 1.01 bits per heavy atom. The number of ether oxygens (including phenoxy) is 2. The summed E-state index contributed by atoms with van der Waals surface area (Å²) in [6.45, 7) is 5.88. The van der Waals surface area contributed by atoms with Gasteiger partial charge in [0.15, 0.2) is 11.4 Å². The predicted octanol–water partition coefficient (Wildman–Crippen LogP) is 5.05. The normalized spacial score (nSPS) is 24.1. The Balaban J connectivity index is 0.904. The van der Waals surface area contributed by atoms with Crippen molar-refractivity contribution in [2.45, 2.75) is 130 Å². The second kappa shape index (κ2) is 18.3. The molecule has 2 atom stereocenters. The van der Waals surface area contributed by atoms with Crippen LogP contribution in [0.1, 0.15) is 118 Å². The molecule has 0 radical (unpaired) electrons. The molecule has 1 spiro atoms. The summed E-state index contributed by atoms with van der Waals surface area (Å²) in [5.41, 5.74) is 4.16. The maximum atomic E-state index is 14.4. The standard InChI is InChI=1S/C50H63B4N7O8S/c1-29(2)38-6-3-4-7-39(38)41-8-5-17-59(41)34-23-48(24-34)27-49(51,52)60(50(53,54)28-48)33-11-14-40(43(20-33)69-36-19-31-15-16-55-46(31)56-25-36)47(63)58-70(66,67)37-21-42(61(64)65)45-44(22-37)68-26-32(57-45)18-30-9-12-35(62)13-10-30/h3-4,6-7,11,14-16,19-22,25,29-30,32,34-35,41,57,62H,5,8-10,12-13,17-18,23-24,26-28,51-54H2,1-2H3,(H,55,56)(H,58,63)/t30-,32-,35-,41+/m1/s1. The predicted molar refractivity (Wildman–Crippen MR) is 282 cm³/mol. The third kappa shape index (κ3) is 9.31. The smallest absolute Gasteiger partial charge is 0.297 e. The fraction of sp³-hybridized carbons (Fsp3) is 0.480. The number of anilines is 2. The third-order valence-corrected chi connectivity index (χ3v) is 17.3. The Bertz CT molecular complexity index is 2920. The highest BCUT2D eigenvalue weighted by Crippen LogP contribution is 2.59. The molecule has 10 rings (SSSR count). The summed E-state index contributed by atoms with van der Waals surface area (Å²) in [5, 5.41) is 25.8. The number of piperidine rings is 1. The molecule has 5 aromatic rings. The van der Waals surface area contributed by atoms with Crippen molar-refractivity contribution in [2.24, 2.45) is 11.3 Å². The van der Waals surface area contributed by atoms with Gasteiger partial charge in [-0.15, -0.1) is 0 Å². The van der Waals surface area contributed by atoms with Gasteiger partial charge in [0.2, 0.25) is 0 Å². The number of hydrogen-bond donors (Lipinski definition) is 4. The van der Waals surface area contributed by atoms with Crippen LogP contribution in [0.25, 0.3) is 11.0 Å². The second-order valence-electron chi connectivity index (χ2n) is 22.5. The van der Waals surface area contributed by atoms with Gasteiger partial charge in [-0.25, -0.2) is 18.1 Å². The van der Waals surface area contributed by atoms with Crippen molar-refractivity contribution < 1.29 is 32.7 Å². The highest BCUT2D eigenvalue weighted by molar-refractivity contribution is 7.90. The van der Waals surface area contributed by atoms with E-state index in [2.05, 4.69) is 99.3 Å². The Hall–Kier alpha value is -5.45. The van der Waals surface area contributed by atoms with Crippen molar-refractivity contribution in [3.63, 3.8) is 0 Å². The minimum atomic E-state index is -4.68. The first-order valence-electron chi connectivity index (χ1n) is 25.2. The van der Waals surface area contributed by atoms with Gasteiger partial charge >= 0.3 is 0 Å². The monoisotopic (exact) mass is 965 g/mol. The molecule has 2 aromatic heterocycles. The topological polar surface area (TPSA) is 192 Å². The summed E-state index contributed by atoms with van der Waals surface area (Å²) in [6, 6.07) is 20.8. The van der Waals surface area contributed by atoms with Gasteiger partial charge in [-0.05, 0) is 140 Å². The lowest BCUT2D eigenvalue weighted by molar-refractivity contribution is -0.384. The van der Waals surface area contributed by atoms with Crippen LogP contribution < -0.4 is 24.4 Å². The van der Waals surface area contributed by atoms with E-state index in [0.717, 1.165) is 62.2 Å². The molecular formula is C50H63B4N7O8S. The highest BCUT2D eigenvalue weighted by Gasteiger charge is 2.58. The Morgan fingerprint density at radius 3 is 2.49 bits per heavy atom. The first-order valence-corrected chi connectivity index (χ1v) is 26.6. The molecule has 2 saturated carbocycles. The minimum absolute atomic E-state index is 0.0111.